The van der Waals surface area contributed by atoms with Crippen molar-refractivity contribution >= 4 is 17.3 Å². The van der Waals surface area contributed by atoms with Crippen LogP contribution in [0.3, 0.4) is 0 Å². The van der Waals surface area contributed by atoms with Crippen molar-refractivity contribution in [2.75, 3.05) is 20.2 Å². The lowest BCUT2D eigenvalue weighted by molar-refractivity contribution is 0.213. The number of benzene rings is 1. The molecule has 3 aromatic rings. The van der Waals surface area contributed by atoms with Gasteiger partial charge in [0.2, 0.25) is 5.89 Å². The Bertz CT molecular complexity index is 908. The van der Waals surface area contributed by atoms with Crippen molar-refractivity contribution in [3.05, 3.63) is 53.7 Å². The van der Waals surface area contributed by atoms with Crippen LogP contribution >= 0.6 is 11.3 Å². The Morgan fingerprint density at radius 2 is 2.03 bits per heavy atom. The van der Waals surface area contributed by atoms with E-state index >= 15 is 0 Å². The van der Waals surface area contributed by atoms with E-state index in [4.69, 9.17) is 13.9 Å². The SMILES string of the molecule is CCNC(=NCc1coc(-c2cccs2)n1)NCC(C)Oc1ccccc1OC. The molecule has 0 bridgehead atoms. The van der Waals surface area contributed by atoms with Crippen LogP contribution in [-0.2, 0) is 6.54 Å². The van der Waals surface area contributed by atoms with Gasteiger partial charge in [-0.15, -0.1) is 11.3 Å². The van der Waals surface area contributed by atoms with Crippen LogP contribution < -0.4 is 20.1 Å². The Labute approximate surface area is 174 Å². The number of methoxy groups -OCH3 is 1. The van der Waals surface area contributed by atoms with E-state index in [1.54, 1.807) is 24.7 Å². The molecule has 0 saturated heterocycles. The highest BCUT2D eigenvalue weighted by atomic mass is 32.1. The molecule has 0 aliphatic rings. The molecule has 29 heavy (non-hydrogen) atoms. The number of guanidine groups is 1. The van der Waals surface area contributed by atoms with Crippen LogP contribution in [0.5, 0.6) is 11.5 Å². The standard InChI is InChI=1S/C21H26N4O3S/c1-4-22-21(23-12-15(2)28-18-9-6-5-8-17(18)26-3)24-13-16-14-27-20(25-16)19-10-7-11-29-19/h5-11,14-15H,4,12-13H2,1-3H3,(H2,22,23,24). The zero-order chi connectivity index (χ0) is 20.5. The fraction of sp³-hybridized carbons (Fsp3) is 0.333. The van der Waals surface area contributed by atoms with Gasteiger partial charge in [-0.05, 0) is 37.4 Å². The van der Waals surface area contributed by atoms with Crippen LogP contribution in [0.15, 0.2) is 57.5 Å². The zero-order valence-electron chi connectivity index (χ0n) is 16.8. The van der Waals surface area contributed by atoms with Gasteiger partial charge in [0.05, 0.1) is 25.1 Å². The molecule has 8 heteroatoms. The smallest absolute Gasteiger partial charge is 0.236 e. The highest BCUT2D eigenvalue weighted by molar-refractivity contribution is 7.13. The van der Waals surface area contributed by atoms with E-state index in [0.29, 0.717) is 30.7 Å². The van der Waals surface area contributed by atoms with Gasteiger partial charge >= 0.3 is 0 Å². The zero-order valence-corrected chi connectivity index (χ0v) is 17.7. The van der Waals surface area contributed by atoms with Crippen LogP contribution in [-0.4, -0.2) is 37.2 Å². The first-order valence-corrected chi connectivity index (χ1v) is 10.4. The van der Waals surface area contributed by atoms with Gasteiger partial charge in [-0.2, -0.15) is 0 Å². The van der Waals surface area contributed by atoms with Crippen molar-refractivity contribution in [1.82, 2.24) is 15.6 Å². The second-order valence-corrected chi connectivity index (χ2v) is 7.22. The van der Waals surface area contributed by atoms with Gasteiger partial charge < -0.3 is 24.5 Å². The largest absolute Gasteiger partial charge is 0.493 e. The fourth-order valence-corrected chi connectivity index (χ4v) is 3.27. The second kappa shape index (κ2) is 10.5. The lowest BCUT2D eigenvalue weighted by Crippen LogP contribution is -2.41. The van der Waals surface area contributed by atoms with Gasteiger partial charge in [0.15, 0.2) is 17.5 Å². The number of thiophene rings is 1. The molecule has 1 aromatic carbocycles. The van der Waals surface area contributed by atoms with E-state index in [2.05, 4.69) is 20.6 Å². The predicted molar refractivity (Wildman–Crippen MR) is 116 cm³/mol. The van der Waals surface area contributed by atoms with Crippen LogP contribution in [0, 0.1) is 0 Å². The maximum absolute atomic E-state index is 5.98. The van der Waals surface area contributed by atoms with Crippen molar-refractivity contribution in [2.24, 2.45) is 4.99 Å². The highest BCUT2D eigenvalue weighted by Gasteiger charge is 2.10. The summed E-state index contributed by atoms with van der Waals surface area (Å²) in [5.41, 5.74) is 0.781. The predicted octanol–water partition coefficient (Wildman–Crippen LogP) is 3.93. The Balaban J connectivity index is 1.55. The van der Waals surface area contributed by atoms with Crippen molar-refractivity contribution in [3.8, 4) is 22.3 Å². The minimum Gasteiger partial charge on any atom is -0.493 e. The quantitative estimate of drug-likeness (QED) is 0.408. The summed E-state index contributed by atoms with van der Waals surface area (Å²) in [4.78, 5) is 10.1. The third-order valence-electron chi connectivity index (χ3n) is 3.98. The summed E-state index contributed by atoms with van der Waals surface area (Å²) >= 11 is 1.60. The first-order valence-electron chi connectivity index (χ1n) is 9.49. The molecule has 0 radical (unpaired) electrons. The van der Waals surface area contributed by atoms with Crippen LogP contribution in [0.4, 0.5) is 0 Å². The van der Waals surface area contributed by atoms with Crippen molar-refractivity contribution < 1.29 is 13.9 Å². The Kier molecular flexibility index (Phi) is 7.52. The number of ether oxygens (including phenoxy) is 2. The molecule has 154 valence electrons. The average Bonchev–Trinajstić information content (AvgIpc) is 3.42. The molecule has 2 heterocycles. The van der Waals surface area contributed by atoms with Gasteiger partial charge in [0.1, 0.15) is 18.1 Å². The van der Waals surface area contributed by atoms with Gasteiger partial charge in [-0.25, -0.2) is 9.98 Å². The molecule has 0 spiro atoms. The number of hydrogen-bond acceptors (Lipinski definition) is 6. The van der Waals surface area contributed by atoms with Crippen molar-refractivity contribution in [3.63, 3.8) is 0 Å². The highest BCUT2D eigenvalue weighted by Crippen LogP contribution is 2.26. The number of aliphatic imine (C=N–C) groups is 1. The maximum Gasteiger partial charge on any atom is 0.236 e. The molecule has 3 rings (SSSR count). The summed E-state index contributed by atoms with van der Waals surface area (Å²) < 4.78 is 16.9. The third-order valence-corrected chi connectivity index (χ3v) is 4.84. The molecule has 2 aromatic heterocycles. The lowest BCUT2D eigenvalue weighted by Gasteiger charge is -2.18. The number of nitrogens with one attached hydrogen (secondary N) is 2. The molecule has 0 aliphatic carbocycles. The first kappa shape index (κ1) is 20.7. The average molecular weight is 415 g/mol. The summed E-state index contributed by atoms with van der Waals surface area (Å²) in [7, 11) is 1.63. The fourth-order valence-electron chi connectivity index (χ4n) is 2.61. The van der Waals surface area contributed by atoms with Gasteiger partial charge in [0.25, 0.3) is 0 Å². The Morgan fingerprint density at radius 3 is 2.76 bits per heavy atom. The topological polar surface area (TPSA) is 80.9 Å². The number of para-hydroxylation sites is 2. The van der Waals surface area contributed by atoms with Crippen LogP contribution in [0.2, 0.25) is 0 Å². The van der Waals surface area contributed by atoms with Gasteiger partial charge in [-0.1, -0.05) is 18.2 Å². The minimum absolute atomic E-state index is 0.0763. The van der Waals surface area contributed by atoms with Crippen molar-refractivity contribution in [2.45, 2.75) is 26.5 Å². The Morgan fingerprint density at radius 1 is 1.21 bits per heavy atom. The monoisotopic (exact) mass is 414 g/mol. The lowest BCUT2D eigenvalue weighted by atomic mass is 10.3. The molecule has 0 fully saturated rings. The molecule has 0 saturated carbocycles. The molecule has 0 aliphatic heterocycles. The first-order chi connectivity index (χ1) is 14.2. The van der Waals surface area contributed by atoms with E-state index < -0.39 is 0 Å². The summed E-state index contributed by atoms with van der Waals surface area (Å²) in [5.74, 6) is 2.76. The molecule has 1 unspecified atom stereocenters. The summed E-state index contributed by atoms with van der Waals surface area (Å²) in [6.07, 6.45) is 1.57. The second-order valence-electron chi connectivity index (χ2n) is 6.28. The number of oxazole rings is 1. The number of hydrogen-bond donors (Lipinski definition) is 2. The minimum atomic E-state index is -0.0763. The van der Waals surface area contributed by atoms with E-state index in [1.807, 2.05) is 55.6 Å². The van der Waals surface area contributed by atoms with E-state index in [9.17, 15) is 0 Å². The van der Waals surface area contributed by atoms with Crippen molar-refractivity contribution in [1.29, 1.82) is 0 Å². The number of nitrogens with zero attached hydrogens (tertiary/aromatic N) is 2. The van der Waals surface area contributed by atoms with Gasteiger partial charge in [-0.3, -0.25) is 0 Å². The number of aromatic nitrogens is 1. The number of rotatable bonds is 9. The normalized spacial score (nSPS) is 12.4. The van der Waals surface area contributed by atoms with E-state index in [1.165, 1.54) is 0 Å². The summed E-state index contributed by atoms with van der Waals surface area (Å²) in [5, 5.41) is 8.53. The molecular weight excluding hydrogens is 388 g/mol. The van der Waals surface area contributed by atoms with Crippen LogP contribution in [0.25, 0.3) is 10.8 Å². The molecule has 0 amide bonds. The molecule has 7 nitrogen and oxygen atoms in total. The van der Waals surface area contributed by atoms with E-state index in [0.717, 1.165) is 22.9 Å². The summed E-state index contributed by atoms with van der Waals surface area (Å²) in [6, 6.07) is 11.6. The Hall–Kier alpha value is -3.00. The molecule has 1 atom stereocenters. The van der Waals surface area contributed by atoms with Crippen LogP contribution in [0.1, 0.15) is 19.5 Å². The third kappa shape index (κ3) is 5.99. The molecule has 2 N–H and O–H groups in total. The molecular formula is C21H26N4O3S. The summed E-state index contributed by atoms with van der Waals surface area (Å²) in [6.45, 7) is 5.78. The maximum atomic E-state index is 5.98. The van der Waals surface area contributed by atoms with Gasteiger partial charge in [0, 0.05) is 6.54 Å². The van der Waals surface area contributed by atoms with E-state index in [-0.39, 0.29) is 6.10 Å².